The number of ether oxygens (including phenoxy) is 1. The number of furan rings is 1. The summed E-state index contributed by atoms with van der Waals surface area (Å²) in [6, 6.07) is 12.8. The van der Waals surface area contributed by atoms with Gasteiger partial charge in [0.05, 0.1) is 12.9 Å². The summed E-state index contributed by atoms with van der Waals surface area (Å²) in [4.78, 5) is 0. The lowest BCUT2D eigenvalue weighted by Gasteiger charge is -2.32. The molecule has 0 saturated heterocycles. The molecule has 1 aromatic heterocycles. The highest BCUT2D eigenvalue weighted by molar-refractivity contribution is 5.38. The molecule has 0 spiro atoms. The van der Waals surface area contributed by atoms with E-state index < -0.39 is 0 Å². The van der Waals surface area contributed by atoms with Crippen molar-refractivity contribution in [3.63, 3.8) is 0 Å². The van der Waals surface area contributed by atoms with Crippen LogP contribution in [0.5, 0.6) is 5.75 Å². The van der Waals surface area contributed by atoms with Gasteiger partial charge in [-0.1, -0.05) is 25.1 Å². The van der Waals surface area contributed by atoms with E-state index in [-0.39, 0.29) is 0 Å². The fourth-order valence-corrected chi connectivity index (χ4v) is 3.05. The van der Waals surface area contributed by atoms with Crippen molar-refractivity contribution in [2.45, 2.75) is 31.7 Å². The Hall–Kier alpha value is -1.74. The van der Waals surface area contributed by atoms with Crippen LogP contribution in [0, 0.1) is 0 Å². The molecule has 20 heavy (non-hydrogen) atoms. The van der Waals surface area contributed by atoms with Crippen molar-refractivity contribution >= 4 is 0 Å². The van der Waals surface area contributed by atoms with Crippen LogP contribution in [0.1, 0.15) is 30.6 Å². The number of hydrogen-bond donors (Lipinski definition) is 1. The lowest BCUT2D eigenvalue weighted by atomic mass is 9.84. The van der Waals surface area contributed by atoms with E-state index in [1.54, 1.807) is 6.26 Å². The molecule has 1 N–H and O–H groups in total. The van der Waals surface area contributed by atoms with Gasteiger partial charge in [-0.15, -0.1) is 0 Å². The summed E-state index contributed by atoms with van der Waals surface area (Å²) in [5.74, 6) is 2.55. The molecular weight excluding hydrogens is 250 g/mol. The first-order valence-electron chi connectivity index (χ1n) is 7.36. The van der Waals surface area contributed by atoms with Crippen LogP contribution < -0.4 is 10.1 Å². The SMILES string of the molecule is CCNC(Cc1ccco1)C1CCOc2ccccc21. The van der Waals surface area contributed by atoms with Gasteiger partial charge in [-0.05, 0) is 36.7 Å². The third-order valence-electron chi connectivity index (χ3n) is 3.96. The molecule has 1 aliphatic rings. The molecule has 2 aromatic rings. The summed E-state index contributed by atoms with van der Waals surface area (Å²) in [6.07, 6.45) is 3.71. The van der Waals surface area contributed by atoms with Gasteiger partial charge in [0, 0.05) is 18.4 Å². The zero-order valence-electron chi connectivity index (χ0n) is 11.8. The Labute approximate surface area is 119 Å². The van der Waals surface area contributed by atoms with Crippen LogP contribution in [0.2, 0.25) is 0 Å². The predicted octanol–water partition coefficient (Wildman–Crippen LogP) is 3.37. The zero-order valence-corrected chi connectivity index (χ0v) is 11.8. The van der Waals surface area contributed by atoms with E-state index in [1.807, 2.05) is 12.1 Å². The van der Waals surface area contributed by atoms with Gasteiger partial charge in [-0.2, -0.15) is 0 Å². The molecule has 0 fully saturated rings. The van der Waals surface area contributed by atoms with Gasteiger partial charge in [0.25, 0.3) is 0 Å². The molecular formula is C17H21NO2. The summed E-state index contributed by atoms with van der Waals surface area (Å²) in [7, 11) is 0. The fourth-order valence-electron chi connectivity index (χ4n) is 3.05. The van der Waals surface area contributed by atoms with E-state index in [4.69, 9.17) is 9.15 Å². The summed E-state index contributed by atoms with van der Waals surface area (Å²) in [5, 5.41) is 3.62. The Morgan fingerprint density at radius 2 is 2.15 bits per heavy atom. The Balaban J connectivity index is 1.84. The Kier molecular flexibility index (Phi) is 4.07. The minimum atomic E-state index is 0.385. The third kappa shape index (κ3) is 2.73. The maximum Gasteiger partial charge on any atom is 0.122 e. The highest BCUT2D eigenvalue weighted by Gasteiger charge is 2.28. The first-order chi connectivity index (χ1) is 9.88. The number of nitrogens with one attached hydrogen (secondary N) is 1. The van der Waals surface area contributed by atoms with Crippen molar-refractivity contribution in [2.75, 3.05) is 13.2 Å². The van der Waals surface area contributed by atoms with Crippen molar-refractivity contribution in [1.29, 1.82) is 0 Å². The quantitative estimate of drug-likeness (QED) is 0.905. The van der Waals surface area contributed by atoms with Crippen LogP contribution in [0.3, 0.4) is 0 Å². The molecule has 1 aromatic carbocycles. The van der Waals surface area contributed by atoms with Crippen LogP contribution in [0.4, 0.5) is 0 Å². The second-order valence-electron chi connectivity index (χ2n) is 5.23. The topological polar surface area (TPSA) is 34.4 Å². The number of hydrogen-bond acceptors (Lipinski definition) is 3. The molecule has 2 atom stereocenters. The van der Waals surface area contributed by atoms with Crippen LogP contribution in [0.25, 0.3) is 0 Å². The molecule has 0 bridgehead atoms. The van der Waals surface area contributed by atoms with E-state index in [2.05, 4.69) is 36.5 Å². The molecule has 0 saturated carbocycles. The molecule has 1 aliphatic heterocycles. The summed E-state index contributed by atoms with van der Waals surface area (Å²) in [5.41, 5.74) is 1.32. The van der Waals surface area contributed by atoms with E-state index in [1.165, 1.54) is 5.56 Å². The highest BCUT2D eigenvalue weighted by Crippen LogP contribution is 2.36. The first-order valence-corrected chi connectivity index (χ1v) is 7.36. The second-order valence-corrected chi connectivity index (χ2v) is 5.23. The molecule has 3 heteroatoms. The van der Waals surface area contributed by atoms with Crippen molar-refractivity contribution in [3.05, 3.63) is 54.0 Å². The minimum Gasteiger partial charge on any atom is -0.493 e. The zero-order chi connectivity index (χ0) is 13.8. The summed E-state index contributed by atoms with van der Waals surface area (Å²) < 4.78 is 11.3. The van der Waals surface area contributed by atoms with Crippen LogP contribution in [-0.4, -0.2) is 19.2 Å². The van der Waals surface area contributed by atoms with Gasteiger partial charge in [0.1, 0.15) is 11.5 Å². The van der Waals surface area contributed by atoms with Gasteiger partial charge < -0.3 is 14.5 Å². The number of rotatable bonds is 5. The van der Waals surface area contributed by atoms with Gasteiger partial charge in [0.15, 0.2) is 0 Å². The van der Waals surface area contributed by atoms with E-state index in [0.29, 0.717) is 12.0 Å². The highest BCUT2D eigenvalue weighted by atomic mass is 16.5. The molecule has 2 unspecified atom stereocenters. The van der Waals surface area contributed by atoms with Crippen molar-refractivity contribution < 1.29 is 9.15 Å². The van der Waals surface area contributed by atoms with Gasteiger partial charge in [0.2, 0.25) is 0 Å². The van der Waals surface area contributed by atoms with E-state index in [9.17, 15) is 0 Å². The van der Waals surface area contributed by atoms with Crippen molar-refractivity contribution in [1.82, 2.24) is 5.32 Å². The number of benzene rings is 1. The van der Waals surface area contributed by atoms with Crippen molar-refractivity contribution in [3.8, 4) is 5.75 Å². The molecule has 106 valence electrons. The normalized spacial score (nSPS) is 19.1. The maximum atomic E-state index is 5.77. The third-order valence-corrected chi connectivity index (χ3v) is 3.96. The average Bonchev–Trinajstić information content (AvgIpc) is 2.99. The van der Waals surface area contributed by atoms with Gasteiger partial charge in [-0.3, -0.25) is 0 Å². The number of para-hydroxylation sites is 1. The van der Waals surface area contributed by atoms with Gasteiger partial charge in [-0.25, -0.2) is 0 Å². The fraction of sp³-hybridized carbons (Fsp3) is 0.412. The van der Waals surface area contributed by atoms with E-state index >= 15 is 0 Å². The molecule has 3 rings (SSSR count). The molecule has 0 aliphatic carbocycles. The second kappa shape index (κ2) is 6.14. The Morgan fingerprint density at radius 3 is 2.95 bits per heavy atom. The average molecular weight is 271 g/mol. The summed E-state index contributed by atoms with van der Waals surface area (Å²) in [6.45, 7) is 3.91. The van der Waals surface area contributed by atoms with E-state index in [0.717, 1.165) is 37.5 Å². The molecule has 2 heterocycles. The van der Waals surface area contributed by atoms with Crippen molar-refractivity contribution in [2.24, 2.45) is 0 Å². The smallest absolute Gasteiger partial charge is 0.122 e. The largest absolute Gasteiger partial charge is 0.493 e. The first kappa shape index (κ1) is 13.3. The summed E-state index contributed by atoms with van der Waals surface area (Å²) >= 11 is 0. The lowest BCUT2D eigenvalue weighted by molar-refractivity contribution is 0.242. The minimum absolute atomic E-state index is 0.385. The van der Waals surface area contributed by atoms with Gasteiger partial charge >= 0.3 is 0 Å². The lowest BCUT2D eigenvalue weighted by Crippen LogP contribution is -2.38. The van der Waals surface area contributed by atoms with Crippen LogP contribution >= 0.6 is 0 Å². The standard InChI is InChI=1S/C17H21NO2/c1-2-18-16(12-13-6-5-10-19-13)14-9-11-20-17-8-4-3-7-15(14)17/h3-8,10,14,16,18H,2,9,11-12H2,1H3. The predicted molar refractivity (Wildman–Crippen MR) is 79.2 cm³/mol. The van der Waals surface area contributed by atoms with Crippen LogP contribution in [0.15, 0.2) is 47.1 Å². The number of fused-ring (bicyclic) bond motifs is 1. The molecule has 0 radical (unpaired) electrons. The monoisotopic (exact) mass is 271 g/mol. The Morgan fingerprint density at radius 1 is 1.25 bits per heavy atom. The maximum absolute atomic E-state index is 5.77. The molecule has 0 amide bonds. The molecule has 3 nitrogen and oxygen atoms in total. The van der Waals surface area contributed by atoms with Crippen LogP contribution in [-0.2, 0) is 6.42 Å². The Bertz CT molecular complexity index is 536. The number of likely N-dealkylation sites (N-methyl/N-ethyl adjacent to an activating group) is 1.